The topological polar surface area (TPSA) is 42.7 Å². The van der Waals surface area contributed by atoms with Crippen LogP contribution < -0.4 is 5.32 Å². The number of aromatic nitrogens is 3. The molecule has 2 aromatic heterocycles. The predicted octanol–water partition coefficient (Wildman–Crippen LogP) is 2.82. The molecule has 0 radical (unpaired) electrons. The smallest absolute Gasteiger partial charge is 0.0841 e. The normalized spacial score (nSPS) is 12.7. The van der Waals surface area contributed by atoms with Crippen LogP contribution in [0.1, 0.15) is 24.4 Å². The molecule has 0 aliphatic heterocycles. The van der Waals surface area contributed by atoms with Crippen LogP contribution in [0.3, 0.4) is 0 Å². The lowest BCUT2D eigenvalue weighted by Gasteiger charge is -2.12. The van der Waals surface area contributed by atoms with Gasteiger partial charge in [0, 0.05) is 31.2 Å². The van der Waals surface area contributed by atoms with Crippen LogP contribution in [0.2, 0.25) is 0 Å². The Morgan fingerprint density at radius 2 is 1.95 bits per heavy atom. The Kier molecular flexibility index (Phi) is 3.48. The molecule has 20 heavy (non-hydrogen) atoms. The third kappa shape index (κ3) is 2.42. The second-order valence-electron chi connectivity index (χ2n) is 4.94. The minimum Gasteiger partial charge on any atom is -0.303 e. The molecule has 1 aromatic carbocycles. The molecule has 0 aliphatic rings. The summed E-state index contributed by atoms with van der Waals surface area (Å²) >= 11 is 0. The van der Waals surface area contributed by atoms with Gasteiger partial charge in [0.15, 0.2) is 0 Å². The Morgan fingerprint density at radius 1 is 1.15 bits per heavy atom. The van der Waals surface area contributed by atoms with Crippen LogP contribution in [0, 0.1) is 0 Å². The summed E-state index contributed by atoms with van der Waals surface area (Å²) < 4.78 is 1.93. The molecule has 3 aromatic rings. The predicted molar refractivity (Wildman–Crippen MR) is 80.2 cm³/mol. The van der Waals surface area contributed by atoms with Crippen molar-refractivity contribution in [1.29, 1.82) is 0 Å². The number of rotatable bonds is 4. The molecule has 4 nitrogen and oxygen atoms in total. The molecule has 0 saturated carbocycles. The average Bonchev–Trinajstić information content (AvgIpc) is 2.83. The zero-order chi connectivity index (χ0) is 13.9. The molecule has 1 N–H and O–H groups in total. The molecular formula is C16H18N4. The first-order valence-electron chi connectivity index (χ1n) is 6.80. The maximum Gasteiger partial charge on any atom is 0.0841 e. The fourth-order valence-electron chi connectivity index (χ4n) is 2.41. The zero-order valence-electron chi connectivity index (χ0n) is 11.7. The zero-order valence-corrected chi connectivity index (χ0v) is 11.7. The van der Waals surface area contributed by atoms with Crippen molar-refractivity contribution in [2.45, 2.75) is 19.5 Å². The number of nitrogens with one attached hydrogen (secondary N) is 1. The summed E-state index contributed by atoms with van der Waals surface area (Å²) in [5, 5.41) is 9.28. The molecule has 1 atom stereocenters. The molecule has 102 valence electrons. The van der Waals surface area contributed by atoms with Crippen molar-refractivity contribution < 1.29 is 0 Å². The van der Waals surface area contributed by atoms with Gasteiger partial charge in [0.25, 0.3) is 0 Å². The number of hydrogen-bond acceptors (Lipinski definition) is 3. The minimum absolute atomic E-state index is 0.206. The summed E-state index contributed by atoms with van der Waals surface area (Å²) in [5.41, 5.74) is 3.29. The van der Waals surface area contributed by atoms with Gasteiger partial charge in [0.2, 0.25) is 0 Å². The number of nitrogens with zero attached hydrogens (tertiary/aromatic N) is 3. The number of para-hydroxylation sites is 1. The molecular weight excluding hydrogens is 248 g/mol. The van der Waals surface area contributed by atoms with E-state index in [1.165, 1.54) is 5.39 Å². The fraction of sp³-hybridized carbons (Fsp3) is 0.250. The van der Waals surface area contributed by atoms with Gasteiger partial charge in [0.05, 0.1) is 16.9 Å². The quantitative estimate of drug-likeness (QED) is 0.789. The van der Waals surface area contributed by atoms with Gasteiger partial charge >= 0.3 is 0 Å². The number of fused-ring (bicyclic) bond motifs is 1. The van der Waals surface area contributed by atoms with Gasteiger partial charge in [-0.25, -0.2) is 0 Å². The highest BCUT2D eigenvalue weighted by molar-refractivity contribution is 5.81. The molecule has 0 amide bonds. The second kappa shape index (κ2) is 5.43. The Bertz CT molecular complexity index is 703. The van der Waals surface area contributed by atoms with Gasteiger partial charge in [-0.3, -0.25) is 9.67 Å². The Hall–Kier alpha value is -2.20. The number of benzene rings is 1. The molecule has 3 rings (SSSR count). The standard InChI is InChI=1S/C16H18N4/c1-12(14-8-5-6-10-17-14)18-11-15-13-7-3-4-9-16(13)20(2)19-15/h3-10,12,18H,11H2,1-2H3. The average molecular weight is 266 g/mol. The van der Waals surface area contributed by atoms with E-state index in [2.05, 4.69) is 40.5 Å². The highest BCUT2D eigenvalue weighted by atomic mass is 15.3. The second-order valence-corrected chi connectivity index (χ2v) is 4.94. The van der Waals surface area contributed by atoms with Crippen molar-refractivity contribution in [3.8, 4) is 0 Å². The number of hydrogen-bond donors (Lipinski definition) is 1. The first-order valence-corrected chi connectivity index (χ1v) is 6.80. The van der Waals surface area contributed by atoms with E-state index in [0.29, 0.717) is 0 Å². The fourth-order valence-corrected chi connectivity index (χ4v) is 2.41. The van der Waals surface area contributed by atoms with Crippen molar-refractivity contribution in [2.75, 3.05) is 0 Å². The van der Waals surface area contributed by atoms with E-state index in [0.717, 1.165) is 23.4 Å². The van der Waals surface area contributed by atoms with Crippen molar-refractivity contribution in [3.63, 3.8) is 0 Å². The lowest BCUT2D eigenvalue weighted by atomic mass is 10.2. The minimum atomic E-state index is 0.206. The lowest BCUT2D eigenvalue weighted by Crippen LogP contribution is -2.19. The largest absolute Gasteiger partial charge is 0.303 e. The Morgan fingerprint density at radius 3 is 2.75 bits per heavy atom. The van der Waals surface area contributed by atoms with Crippen LogP contribution in [0.15, 0.2) is 48.7 Å². The maximum atomic E-state index is 4.59. The van der Waals surface area contributed by atoms with E-state index in [-0.39, 0.29) is 6.04 Å². The van der Waals surface area contributed by atoms with Crippen molar-refractivity contribution in [2.24, 2.45) is 7.05 Å². The summed E-state index contributed by atoms with van der Waals surface area (Å²) in [6.45, 7) is 2.85. The van der Waals surface area contributed by atoms with Crippen LogP contribution in [0.25, 0.3) is 10.9 Å². The molecule has 0 fully saturated rings. The Balaban J connectivity index is 1.77. The molecule has 2 heterocycles. The third-order valence-electron chi connectivity index (χ3n) is 3.54. The summed E-state index contributed by atoms with van der Waals surface area (Å²) in [7, 11) is 1.98. The highest BCUT2D eigenvalue weighted by Gasteiger charge is 2.10. The highest BCUT2D eigenvalue weighted by Crippen LogP contribution is 2.18. The van der Waals surface area contributed by atoms with Gasteiger partial charge in [-0.05, 0) is 25.1 Å². The van der Waals surface area contributed by atoms with Crippen LogP contribution in [0.5, 0.6) is 0 Å². The van der Waals surface area contributed by atoms with Gasteiger partial charge in [0.1, 0.15) is 0 Å². The SMILES string of the molecule is CC(NCc1nn(C)c2ccccc12)c1ccccn1. The molecule has 0 saturated heterocycles. The van der Waals surface area contributed by atoms with E-state index < -0.39 is 0 Å². The molecule has 1 unspecified atom stereocenters. The van der Waals surface area contributed by atoms with Crippen LogP contribution in [-0.4, -0.2) is 14.8 Å². The summed E-state index contributed by atoms with van der Waals surface area (Å²) in [6, 6.07) is 14.5. The number of aryl methyl sites for hydroxylation is 1. The van der Waals surface area contributed by atoms with E-state index in [9.17, 15) is 0 Å². The summed E-state index contributed by atoms with van der Waals surface area (Å²) in [4.78, 5) is 4.37. The summed E-state index contributed by atoms with van der Waals surface area (Å²) in [5.74, 6) is 0. The van der Waals surface area contributed by atoms with Crippen molar-refractivity contribution in [1.82, 2.24) is 20.1 Å². The van der Waals surface area contributed by atoms with Gasteiger partial charge in [-0.2, -0.15) is 5.10 Å². The number of pyridine rings is 1. The van der Waals surface area contributed by atoms with E-state index in [1.54, 1.807) is 0 Å². The maximum absolute atomic E-state index is 4.59. The van der Waals surface area contributed by atoms with E-state index >= 15 is 0 Å². The van der Waals surface area contributed by atoms with Crippen LogP contribution >= 0.6 is 0 Å². The lowest BCUT2D eigenvalue weighted by molar-refractivity contribution is 0.552. The molecule has 0 spiro atoms. The monoisotopic (exact) mass is 266 g/mol. The van der Waals surface area contributed by atoms with Gasteiger partial charge in [-0.15, -0.1) is 0 Å². The molecule has 0 bridgehead atoms. The first kappa shape index (κ1) is 12.8. The van der Waals surface area contributed by atoms with E-state index in [1.807, 2.05) is 42.2 Å². The van der Waals surface area contributed by atoms with E-state index in [4.69, 9.17) is 0 Å². The molecule has 0 aliphatic carbocycles. The van der Waals surface area contributed by atoms with Crippen molar-refractivity contribution >= 4 is 10.9 Å². The Labute approximate surface area is 118 Å². The molecule has 4 heteroatoms. The first-order chi connectivity index (χ1) is 9.75. The van der Waals surface area contributed by atoms with Gasteiger partial charge in [-0.1, -0.05) is 24.3 Å². The van der Waals surface area contributed by atoms with Crippen LogP contribution in [0.4, 0.5) is 0 Å². The summed E-state index contributed by atoms with van der Waals surface area (Å²) in [6.07, 6.45) is 1.82. The van der Waals surface area contributed by atoms with Crippen LogP contribution in [-0.2, 0) is 13.6 Å². The third-order valence-corrected chi connectivity index (χ3v) is 3.54. The van der Waals surface area contributed by atoms with Crippen molar-refractivity contribution in [3.05, 3.63) is 60.0 Å². The van der Waals surface area contributed by atoms with Gasteiger partial charge < -0.3 is 5.32 Å².